The molecule has 0 spiro atoms. The number of carbonyl (C=O) groups excluding carboxylic acids is 1. The molecule has 3 aliphatic carbocycles. The fraction of sp³-hybridized carbons (Fsp3) is 0.654. The van der Waals surface area contributed by atoms with Crippen LogP contribution in [0.5, 0.6) is 0 Å². The Labute approximate surface area is 187 Å². The van der Waals surface area contributed by atoms with Gasteiger partial charge >= 0.3 is 0 Å². The number of carbonyl (C=O) groups is 1. The molecule has 1 amide bonds. The number of likely N-dealkylation sites (N-methyl/N-ethyl adjacent to an activating group) is 1. The Bertz CT molecular complexity index is 808. The Balaban J connectivity index is 1.76. The lowest BCUT2D eigenvalue weighted by Crippen LogP contribution is -2.39. The van der Waals surface area contributed by atoms with E-state index in [4.69, 9.17) is 4.74 Å². The van der Waals surface area contributed by atoms with Crippen LogP contribution in [0.25, 0.3) is 0 Å². The van der Waals surface area contributed by atoms with Crippen molar-refractivity contribution < 1.29 is 19.7 Å². The summed E-state index contributed by atoms with van der Waals surface area (Å²) in [6.07, 6.45) is 10.0. The molecule has 0 aromatic carbocycles. The Kier molecular flexibility index (Phi) is 7.29. The van der Waals surface area contributed by atoms with Gasteiger partial charge in [0.15, 0.2) is 0 Å². The first-order chi connectivity index (χ1) is 14.5. The van der Waals surface area contributed by atoms with Crippen LogP contribution in [0, 0.1) is 11.3 Å². The third-order valence-corrected chi connectivity index (χ3v) is 7.51. The van der Waals surface area contributed by atoms with Gasteiger partial charge in [0.1, 0.15) is 6.10 Å². The van der Waals surface area contributed by atoms with Gasteiger partial charge in [-0.25, -0.2) is 0 Å². The summed E-state index contributed by atoms with van der Waals surface area (Å²) in [5, 5.41) is 20.1. The molecule has 172 valence electrons. The minimum Gasteiger partial charge on any atom is -0.393 e. The molecule has 5 nitrogen and oxygen atoms in total. The van der Waals surface area contributed by atoms with Gasteiger partial charge < -0.3 is 19.8 Å². The maximum Gasteiger partial charge on any atom is 0.250 e. The SMILES string of the molecule is C=C1/C(=C\C=C2/CCC[C@]3(C)C(C(C)O[C@H](C)C(=O)N(C)C)=CC[C@@H]23)C[C@@H](O)C[C@@H]1O. The number of amides is 1. The summed E-state index contributed by atoms with van der Waals surface area (Å²) < 4.78 is 6.14. The third kappa shape index (κ3) is 4.89. The van der Waals surface area contributed by atoms with Gasteiger partial charge in [-0.15, -0.1) is 0 Å². The van der Waals surface area contributed by atoms with Crippen molar-refractivity contribution in [2.75, 3.05) is 14.1 Å². The maximum atomic E-state index is 12.2. The zero-order valence-corrected chi connectivity index (χ0v) is 19.7. The summed E-state index contributed by atoms with van der Waals surface area (Å²) in [4.78, 5) is 13.8. The normalized spacial score (nSPS) is 35.6. The van der Waals surface area contributed by atoms with E-state index in [1.54, 1.807) is 19.0 Å². The van der Waals surface area contributed by atoms with Crippen molar-refractivity contribution >= 4 is 5.91 Å². The van der Waals surface area contributed by atoms with E-state index in [-0.39, 0.29) is 17.4 Å². The number of allylic oxidation sites excluding steroid dienone is 4. The van der Waals surface area contributed by atoms with E-state index >= 15 is 0 Å². The molecule has 0 heterocycles. The molecule has 5 heteroatoms. The van der Waals surface area contributed by atoms with Crippen molar-refractivity contribution in [2.24, 2.45) is 11.3 Å². The number of hydrogen-bond acceptors (Lipinski definition) is 4. The predicted octanol–water partition coefficient (Wildman–Crippen LogP) is 3.93. The highest BCUT2D eigenvalue weighted by molar-refractivity contribution is 5.80. The van der Waals surface area contributed by atoms with E-state index in [2.05, 4.69) is 38.7 Å². The first-order valence-electron chi connectivity index (χ1n) is 11.6. The van der Waals surface area contributed by atoms with Gasteiger partial charge in [0.25, 0.3) is 5.91 Å². The molecule has 31 heavy (non-hydrogen) atoms. The average Bonchev–Trinajstić information content (AvgIpc) is 3.06. The van der Waals surface area contributed by atoms with Gasteiger partial charge in [-0.1, -0.05) is 37.3 Å². The first-order valence-corrected chi connectivity index (χ1v) is 11.6. The topological polar surface area (TPSA) is 70.0 Å². The molecule has 3 rings (SSSR count). The molecule has 3 aliphatic rings. The second-order valence-electron chi connectivity index (χ2n) is 9.94. The molecule has 2 saturated carbocycles. The summed E-state index contributed by atoms with van der Waals surface area (Å²) in [7, 11) is 3.51. The largest absolute Gasteiger partial charge is 0.393 e. The summed E-state index contributed by atoms with van der Waals surface area (Å²) >= 11 is 0. The maximum absolute atomic E-state index is 12.2. The van der Waals surface area contributed by atoms with Gasteiger partial charge in [0, 0.05) is 20.5 Å². The summed E-state index contributed by atoms with van der Waals surface area (Å²) in [5.41, 5.74) is 4.44. The molecule has 2 N–H and O–H groups in total. The Hall–Kier alpha value is -1.69. The number of rotatable bonds is 5. The van der Waals surface area contributed by atoms with Gasteiger partial charge in [-0.3, -0.25) is 4.79 Å². The smallest absolute Gasteiger partial charge is 0.250 e. The van der Waals surface area contributed by atoms with Crippen LogP contribution in [0.15, 0.2) is 47.1 Å². The minimum atomic E-state index is -0.658. The number of ether oxygens (including phenoxy) is 1. The molecular formula is C26H39NO4. The van der Waals surface area contributed by atoms with E-state index in [0.29, 0.717) is 18.8 Å². The highest BCUT2D eigenvalue weighted by Gasteiger charge is 2.46. The molecule has 1 unspecified atom stereocenters. The molecule has 0 aromatic heterocycles. The number of hydrogen-bond donors (Lipinski definition) is 2. The van der Waals surface area contributed by atoms with Crippen LogP contribution in [0.4, 0.5) is 0 Å². The van der Waals surface area contributed by atoms with Crippen molar-refractivity contribution in [1.82, 2.24) is 4.90 Å². The fourth-order valence-corrected chi connectivity index (χ4v) is 5.75. The Morgan fingerprint density at radius 3 is 2.71 bits per heavy atom. The number of fused-ring (bicyclic) bond motifs is 1. The number of aliphatic hydroxyl groups excluding tert-OH is 2. The van der Waals surface area contributed by atoms with Crippen LogP contribution >= 0.6 is 0 Å². The number of aliphatic hydroxyl groups is 2. The van der Waals surface area contributed by atoms with Gasteiger partial charge in [-0.2, -0.15) is 0 Å². The van der Waals surface area contributed by atoms with E-state index in [9.17, 15) is 15.0 Å². The van der Waals surface area contributed by atoms with E-state index in [1.807, 2.05) is 6.92 Å². The van der Waals surface area contributed by atoms with Crippen molar-refractivity contribution in [3.8, 4) is 0 Å². The van der Waals surface area contributed by atoms with Crippen LogP contribution in [-0.4, -0.2) is 59.5 Å². The molecule has 6 atom stereocenters. The van der Waals surface area contributed by atoms with Crippen LogP contribution < -0.4 is 0 Å². The molecule has 0 aromatic rings. The summed E-state index contributed by atoms with van der Waals surface area (Å²) in [5.74, 6) is 0.408. The van der Waals surface area contributed by atoms with Crippen LogP contribution in [0.1, 0.15) is 59.3 Å². The van der Waals surface area contributed by atoms with Crippen LogP contribution in [0.3, 0.4) is 0 Å². The van der Waals surface area contributed by atoms with E-state index in [1.165, 1.54) is 11.1 Å². The second-order valence-corrected chi connectivity index (χ2v) is 9.94. The van der Waals surface area contributed by atoms with Crippen molar-refractivity contribution in [3.63, 3.8) is 0 Å². The molecule has 0 saturated heterocycles. The molecule has 0 radical (unpaired) electrons. The van der Waals surface area contributed by atoms with E-state index < -0.39 is 18.3 Å². The zero-order valence-electron chi connectivity index (χ0n) is 19.7. The summed E-state index contributed by atoms with van der Waals surface area (Å²) in [6, 6.07) is 0. The van der Waals surface area contributed by atoms with Gasteiger partial charge in [-0.05, 0) is 74.0 Å². The minimum absolute atomic E-state index is 0.0138. The Morgan fingerprint density at radius 1 is 1.32 bits per heavy atom. The lowest BCUT2D eigenvalue weighted by atomic mass is 9.63. The van der Waals surface area contributed by atoms with Crippen molar-refractivity contribution in [1.29, 1.82) is 0 Å². The Morgan fingerprint density at radius 2 is 2.03 bits per heavy atom. The monoisotopic (exact) mass is 429 g/mol. The van der Waals surface area contributed by atoms with E-state index in [0.717, 1.165) is 36.8 Å². The molecule has 0 bridgehead atoms. The highest BCUT2D eigenvalue weighted by Crippen LogP contribution is 2.55. The van der Waals surface area contributed by atoms with Crippen LogP contribution in [-0.2, 0) is 9.53 Å². The second kappa shape index (κ2) is 9.43. The molecule has 0 aliphatic heterocycles. The van der Waals surface area contributed by atoms with Gasteiger partial charge in [0.2, 0.25) is 0 Å². The standard InChI is InChI=1S/C26H39NO4/c1-16-20(14-21(28)15-24(16)29)10-9-19-8-7-13-26(4)22(11-12-23(19)26)17(2)31-18(3)25(30)27(5)6/h9-11,17-18,21,23-24,28-29H,1,7-8,12-15H2,2-6H3/b19-9+,20-10-/t17?,18-,21-,23+,24+,26-/m1/s1. The number of nitrogens with zero attached hydrogens (tertiary/aromatic N) is 1. The van der Waals surface area contributed by atoms with Crippen molar-refractivity contribution in [3.05, 3.63) is 47.1 Å². The zero-order chi connectivity index (χ0) is 22.9. The predicted molar refractivity (Wildman–Crippen MR) is 123 cm³/mol. The lowest BCUT2D eigenvalue weighted by Gasteiger charge is -2.42. The molecule has 2 fully saturated rings. The third-order valence-electron chi connectivity index (χ3n) is 7.51. The summed E-state index contributed by atoms with van der Waals surface area (Å²) in [6.45, 7) is 10.3. The van der Waals surface area contributed by atoms with Gasteiger partial charge in [0.05, 0.1) is 18.3 Å². The fourth-order valence-electron chi connectivity index (χ4n) is 5.75. The average molecular weight is 430 g/mol. The van der Waals surface area contributed by atoms with Crippen molar-refractivity contribution in [2.45, 2.75) is 83.7 Å². The lowest BCUT2D eigenvalue weighted by molar-refractivity contribution is -0.142. The quantitative estimate of drug-likeness (QED) is 0.650. The molecular weight excluding hydrogens is 390 g/mol. The highest BCUT2D eigenvalue weighted by atomic mass is 16.5. The first kappa shape index (κ1) is 24.0. The van der Waals surface area contributed by atoms with Crippen LogP contribution in [0.2, 0.25) is 0 Å².